The molecular formula is C20H14OSe. The predicted molar refractivity (Wildman–Crippen MR) is 94.6 cm³/mol. The summed E-state index contributed by atoms with van der Waals surface area (Å²) in [4.78, 5) is 0. The molecule has 22 heavy (non-hydrogen) atoms. The van der Waals surface area contributed by atoms with E-state index in [1.54, 1.807) is 0 Å². The van der Waals surface area contributed by atoms with Gasteiger partial charge in [0.1, 0.15) is 0 Å². The van der Waals surface area contributed by atoms with E-state index in [9.17, 15) is 5.11 Å². The first-order valence-corrected chi connectivity index (χ1v) is 8.90. The van der Waals surface area contributed by atoms with E-state index in [1.165, 1.54) is 20.6 Å². The van der Waals surface area contributed by atoms with Gasteiger partial charge >= 0.3 is 135 Å². The first-order valence-electron chi connectivity index (χ1n) is 7.19. The normalized spacial score (nSPS) is 11.1. The van der Waals surface area contributed by atoms with Crippen molar-refractivity contribution in [2.24, 2.45) is 0 Å². The zero-order valence-electron chi connectivity index (χ0n) is 11.9. The van der Waals surface area contributed by atoms with Crippen LogP contribution >= 0.6 is 0 Å². The zero-order valence-corrected chi connectivity index (χ0v) is 13.6. The first kappa shape index (κ1) is 13.4. The number of aromatic hydroxyl groups is 1. The summed E-state index contributed by atoms with van der Waals surface area (Å²) in [5.74, 6) is 0.395. The molecule has 0 aliphatic heterocycles. The molecule has 0 aliphatic carbocycles. The van der Waals surface area contributed by atoms with Gasteiger partial charge in [0.05, 0.1) is 0 Å². The maximum absolute atomic E-state index is 10.4. The molecule has 0 aliphatic rings. The Hall–Kier alpha value is -2.28. The van der Waals surface area contributed by atoms with Gasteiger partial charge in [0.2, 0.25) is 0 Å². The quantitative estimate of drug-likeness (QED) is 0.550. The van der Waals surface area contributed by atoms with Crippen LogP contribution in [0.4, 0.5) is 0 Å². The fourth-order valence-corrected chi connectivity index (χ4v) is 5.11. The molecule has 0 radical (unpaired) electrons. The summed E-state index contributed by atoms with van der Waals surface area (Å²) < 4.78 is 2.36. The van der Waals surface area contributed by atoms with Gasteiger partial charge in [-0.15, -0.1) is 0 Å². The second-order valence-electron chi connectivity index (χ2n) is 5.21. The van der Waals surface area contributed by atoms with Crippen LogP contribution in [0, 0.1) is 0 Å². The molecule has 0 saturated carbocycles. The molecule has 0 bridgehead atoms. The SMILES string of the molecule is Oc1ccc2ccccc2c1[Se]c1cccc2ccccc12. The van der Waals surface area contributed by atoms with Gasteiger partial charge in [-0.2, -0.15) is 0 Å². The van der Waals surface area contributed by atoms with E-state index in [2.05, 4.69) is 54.6 Å². The molecule has 0 atom stereocenters. The third kappa shape index (κ3) is 2.27. The average molecular weight is 349 g/mol. The second kappa shape index (κ2) is 5.49. The Balaban J connectivity index is 1.91. The van der Waals surface area contributed by atoms with Crippen LogP contribution in [0.3, 0.4) is 0 Å². The Morgan fingerprint density at radius 3 is 2.05 bits per heavy atom. The molecular weight excluding hydrogens is 335 g/mol. The van der Waals surface area contributed by atoms with E-state index in [4.69, 9.17) is 0 Å². The summed E-state index contributed by atoms with van der Waals surface area (Å²) in [6.45, 7) is 0. The summed E-state index contributed by atoms with van der Waals surface area (Å²) in [6, 6.07) is 26.9. The van der Waals surface area contributed by atoms with E-state index in [0.29, 0.717) is 5.75 Å². The van der Waals surface area contributed by atoms with Crippen LogP contribution < -0.4 is 8.92 Å². The molecule has 1 nitrogen and oxygen atoms in total. The van der Waals surface area contributed by atoms with Gasteiger partial charge in [-0.05, 0) is 0 Å². The monoisotopic (exact) mass is 350 g/mol. The van der Waals surface area contributed by atoms with Crippen molar-refractivity contribution < 1.29 is 5.11 Å². The molecule has 4 aromatic carbocycles. The molecule has 0 fully saturated rings. The van der Waals surface area contributed by atoms with Crippen molar-refractivity contribution in [3.05, 3.63) is 78.9 Å². The molecule has 0 spiro atoms. The summed E-state index contributed by atoms with van der Waals surface area (Å²) in [7, 11) is 0. The van der Waals surface area contributed by atoms with E-state index in [0.717, 1.165) is 9.85 Å². The summed E-state index contributed by atoms with van der Waals surface area (Å²) >= 11 is 0.0613. The van der Waals surface area contributed by atoms with Crippen molar-refractivity contribution in [3.8, 4) is 5.75 Å². The predicted octanol–water partition coefficient (Wildman–Crippen LogP) is 3.35. The maximum atomic E-state index is 10.4. The van der Waals surface area contributed by atoms with E-state index < -0.39 is 0 Å². The van der Waals surface area contributed by atoms with Crippen molar-refractivity contribution in [1.82, 2.24) is 0 Å². The van der Waals surface area contributed by atoms with Gasteiger partial charge in [-0.1, -0.05) is 0 Å². The fraction of sp³-hybridized carbons (Fsp3) is 0. The minimum atomic E-state index is 0.0613. The van der Waals surface area contributed by atoms with Crippen molar-refractivity contribution in [2.45, 2.75) is 0 Å². The van der Waals surface area contributed by atoms with Crippen molar-refractivity contribution in [2.75, 3.05) is 0 Å². The molecule has 1 N–H and O–H groups in total. The molecule has 2 heteroatoms. The van der Waals surface area contributed by atoms with Gasteiger partial charge in [-0.25, -0.2) is 0 Å². The number of benzene rings is 4. The van der Waals surface area contributed by atoms with Gasteiger partial charge in [0.25, 0.3) is 0 Å². The Morgan fingerprint density at radius 1 is 0.591 bits per heavy atom. The van der Waals surface area contributed by atoms with Crippen LogP contribution in [0.1, 0.15) is 0 Å². The number of fused-ring (bicyclic) bond motifs is 2. The fourth-order valence-electron chi connectivity index (χ4n) is 2.73. The van der Waals surface area contributed by atoms with Gasteiger partial charge in [0.15, 0.2) is 0 Å². The number of rotatable bonds is 2. The first-order chi connectivity index (χ1) is 10.8. The molecule has 0 amide bonds. The van der Waals surface area contributed by atoms with E-state index >= 15 is 0 Å². The Bertz CT molecular complexity index is 970. The topological polar surface area (TPSA) is 20.2 Å². The number of hydrogen-bond acceptors (Lipinski definition) is 1. The van der Waals surface area contributed by atoms with Crippen molar-refractivity contribution >= 4 is 45.4 Å². The standard InChI is InChI=1S/C20H14OSe/c21-18-13-12-15-7-2-4-10-17(15)20(18)22-19-11-5-8-14-6-1-3-9-16(14)19/h1-13,21H. The molecule has 0 aromatic heterocycles. The van der Waals surface area contributed by atoms with Gasteiger partial charge in [-0.3, -0.25) is 0 Å². The number of phenols is 1. The minimum absolute atomic E-state index is 0.0613. The summed E-state index contributed by atoms with van der Waals surface area (Å²) in [5.41, 5.74) is 0. The van der Waals surface area contributed by atoms with Gasteiger partial charge < -0.3 is 0 Å². The molecule has 4 rings (SSSR count). The summed E-state index contributed by atoms with van der Waals surface area (Å²) in [6.07, 6.45) is 0. The van der Waals surface area contributed by atoms with Crippen molar-refractivity contribution in [3.63, 3.8) is 0 Å². The Kier molecular flexibility index (Phi) is 3.34. The molecule has 0 heterocycles. The Labute approximate surface area is 135 Å². The number of hydrogen-bond donors (Lipinski definition) is 1. The van der Waals surface area contributed by atoms with Crippen LogP contribution in [0.2, 0.25) is 0 Å². The third-order valence-electron chi connectivity index (χ3n) is 3.82. The van der Waals surface area contributed by atoms with E-state index in [1.807, 2.05) is 24.3 Å². The number of phenolic OH excluding ortho intramolecular Hbond substituents is 1. The molecule has 0 saturated heterocycles. The second-order valence-corrected chi connectivity index (χ2v) is 7.42. The van der Waals surface area contributed by atoms with Gasteiger partial charge in [0, 0.05) is 0 Å². The zero-order chi connectivity index (χ0) is 14.9. The van der Waals surface area contributed by atoms with Crippen LogP contribution in [-0.4, -0.2) is 20.1 Å². The molecule has 106 valence electrons. The van der Waals surface area contributed by atoms with E-state index in [-0.39, 0.29) is 15.0 Å². The summed E-state index contributed by atoms with van der Waals surface area (Å²) in [5, 5.41) is 15.2. The van der Waals surface area contributed by atoms with Crippen LogP contribution in [0.25, 0.3) is 21.5 Å². The average Bonchev–Trinajstić information content (AvgIpc) is 2.58. The van der Waals surface area contributed by atoms with Crippen LogP contribution in [-0.2, 0) is 0 Å². The van der Waals surface area contributed by atoms with Crippen molar-refractivity contribution in [1.29, 1.82) is 0 Å². The molecule has 4 aromatic rings. The molecule has 0 unspecified atom stereocenters. The van der Waals surface area contributed by atoms with Crippen LogP contribution in [0.5, 0.6) is 5.75 Å². The Morgan fingerprint density at radius 2 is 1.23 bits per heavy atom. The third-order valence-corrected chi connectivity index (χ3v) is 6.36. The van der Waals surface area contributed by atoms with Crippen LogP contribution in [0.15, 0.2) is 78.9 Å².